The molecular weight excluding hydrogens is 264 g/mol. The van der Waals surface area contributed by atoms with Crippen molar-refractivity contribution in [3.05, 3.63) is 70.3 Å². The van der Waals surface area contributed by atoms with Crippen molar-refractivity contribution in [3.8, 4) is 0 Å². The minimum atomic E-state index is -0.766. The maximum atomic E-state index is 12.6. The molecule has 3 heteroatoms. The van der Waals surface area contributed by atoms with Crippen molar-refractivity contribution >= 4 is 11.8 Å². The van der Waals surface area contributed by atoms with Gasteiger partial charge in [-0.15, -0.1) is 0 Å². The first kappa shape index (κ1) is 13.6. The van der Waals surface area contributed by atoms with Crippen molar-refractivity contribution in [2.45, 2.75) is 19.8 Å². The number of ketones is 1. The second kappa shape index (κ2) is 5.17. The Labute approximate surface area is 123 Å². The molecule has 1 N–H and O–H groups in total. The number of benzene rings is 2. The van der Waals surface area contributed by atoms with Gasteiger partial charge in [0.1, 0.15) is 0 Å². The van der Waals surface area contributed by atoms with E-state index in [4.69, 9.17) is 5.11 Å². The molecule has 0 bridgehead atoms. The van der Waals surface area contributed by atoms with Crippen molar-refractivity contribution in [1.29, 1.82) is 0 Å². The molecule has 0 spiro atoms. The number of carboxylic acids is 1. The van der Waals surface area contributed by atoms with E-state index in [2.05, 4.69) is 0 Å². The van der Waals surface area contributed by atoms with Crippen molar-refractivity contribution in [2.75, 3.05) is 0 Å². The predicted molar refractivity (Wildman–Crippen MR) is 79.6 cm³/mol. The number of hydrogen-bond acceptors (Lipinski definition) is 2. The van der Waals surface area contributed by atoms with Gasteiger partial charge in [0.25, 0.3) is 0 Å². The van der Waals surface area contributed by atoms with E-state index >= 15 is 0 Å². The van der Waals surface area contributed by atoms with Crippen LogP contribution in [0, 0.1) is 12.8 Å². The zero-order chi connectivity index (χ0) is 15.0. The van der Waals surface area contributed by atoms with Crippen LogP contribution in [0.15, 0.2) is 42.5 Å². The predicted octanol–water partition coefficient (Wildman–Crippen LogP) is 3.03. The van der Waals surface area contributed by atoms with Gasteiger partial charge >= 0.3 is 5.97 Å². The van der Waals surface area contributed by atoms with Gasteiger partial charge in [-0.2, -0.15) is 0 Å². The first-order valence-electron chi connectivity index (χ1n) is 7.01. The highest BCUT2D eigenvalue weighted by Gasteiger charge is 2.27. The molecule has 3 rings (SSSR count). The summed E-state index contributed by atoms with van der Waals surface area (Å²) in [5, 5.41) is 9.11. The molecule has 0 fully saturated rings. The summed E-state index contributed by atoms with van der Waals surface area (Å²) in [7, 11) is 0. The standard InChI is InChI=1S/C18H16O3/c1-11-4-2-3-5-16(11)17(19)13-7-6-12-8-15(18(20)21)10-14(12)9-13/h2-7,9,15H,8,10H2,1H3,(H,20,21). The Morgan fingerprint density at radius 2 is 1.76 bits per heavy atom. The Hall–Kier alpha value is -2.42. The molecule has 0 amide bonds. The first-order chi connectivity index (χ1) is 10.1. The summed E-state index contributed by atoms with van der Waals surface area (Å²) in [4.78, 5) is 23.7. The smallest absolute Gasteiger partial charge is 0.307 e. The molecule has 2 aromatic rings. The van der Waals surface area contributed by atoms with Crippen LogP contribution in [0.4, 0.5) is 0 Å². The van der Waals surface area contributed by atoms with Gasteiger partial charge in [0.15, 0.2) is 5.78 Å². The third kappa shape index (κ3) is 2.47. The Morgan fingerprint density at radius 1 is 1.05 bits per heavy atom. The molecule has 0 aliphatic heterocycles. The van der Waals surface area contributed by atoms with Gasteiger partial charge < -0.3 is 5.11 Å². The van der Waals surface area contributed by atoms with Crippen molar-refractivity contribution < 1.29 is 14.7 Å². The Morgan fingerprint density at radius 3 is 2.48 bits per heavy atom. The van der Waals surface area contributed by atoms with E-state index in [-0.39, 0.29) is 11.7 Å². The molecule has 0 saturated heterocycles. The van der Waals surface area contributed by atoms with E-state index in [0.29, 0.717) is 24.0 Å². The van der Waals surface area contributed by atoms with Gasteiger partial charge in [0.2, 0.25) is 0 Å². The Kier molecular flexibility index (Phi) is 3.34. The number of carbonyl (C=O) groups is 2. The summed E-state index contributed by atoms with van der Waals surface area (Å²) in [6.45, 7) is 1.92. The Balaban J connectivity index is 1.93. The van der Waals surface area contributed by atoms with Crippen LogP contribution in [-0.2, 0) is 17.6 Å². The SMILES string of the molecule is Cc1ccccc1C(=O)c1ccc2c(c1)CC(C(=O)O)C2. The number of aliphatic carboxylic acids is 1. The maximum Gasteiger partial charge on any atom is 0.307 e. The summed E-state index contributed by atoms with van der Waals surface area (Å²) < 4.78 is 0. The minimum absolute atomic E-state index is 0.00493. The normalized spacial score (nSPS) is 16.5. The van der Waals surface area contributed by atoms with E-state index in [0.717, 1.165) is 16.7 Å². The van der Waals surface area contributed by atoms with Crippen molar-refractivity contribution in [3.63, 3.8) is 0 Å². The number of carboxylic acid groups (broad SMARTS) is 1. The fraction of sp³-hybridized carbons (Fsp3) is 0.222. The molecule has 1 atom stereocenters. The van der Waals surface area contributed by atoms with Crippen molar-refractivity contribution in [2.24, 2.45) is 5.92 Å². The van der Waals surface area contributed by atoms with Gasteiger partial charge in [-0.25, -0.2) is 0 Å². The van der Waals surface area contributed by atoms with E-state index in [1.807, 2.05) is 43.3 Å². The summed E-state index contributed by atoms with van der Waals surface area (Å²) in [5.74, 6) is -1.13. The van der Waals surface area contributed by atoms with Gasteiger partial charge in [0, 0.05) is 11.1 Å². The molecule has 106 valence electrons. The summed E-state index contributed by atoms with van der Waals surface area (Å²) in [6.07, 6.45) is 1.07. The third-order valence-electron chi connectivity index (χ3n) is 4.14. The molecule has 0 radical (unpaired) electrons. The van der Waals surface area contributed by atoms with E-state index in [1.165, 1.54) is 0 Å². The Bertz CT molecular complexity index is 731. The lowest BCUT2D eigenvalue weighted by Gasteiger charge is -2.06. The van der Waals surface area contributed by atoms with Gasteiger partial charge in [-0.3, -0.25) is 9.59 Å². The molecule has 21 heavy (non-hydrogen) atoms. The van der Waals surface area contributed by atoms with E-state index in [9.17, 15) is 9.59 Å². The molecule has 0 heterocycles. The lowest BCUT2D eigenvalue weighted by atomic mass is 9.97. The minimum Gasteiger partial charge on any atom is -0.481 e. The average Bonchev–Trinajstić information content (AvgIpc) is 2.90. The van der Waals surface area contributed by atoms with Crippen LogP contribution < -0.4 is 0 Å². The summed E-state index contributed by atoms with van der Waals surface area (Å²) in [5.41, 5.74) is 4.32. The lowest BCUT2D eigenvalue weighted by molar-refractivity contribution is -0.141. The highest BCUT2D eigenvalue weighted by atomic mass is 16.4. The number of fused-ring (bicyclic) bond motifs is 1. The van der Waals surface area contributed by atoms with Crippen LogP contribution in [0.25, 0.3) is 0 Å². The van der Waals surface area contributed by atoms with Crippen LogP contribution in [0.5, 0.6) is 0 Å². The highest BCUT2D eigenvalue weighted by Crippen LogP contribution is 2.28. The molecule has 1 aliphatic rings. The number of carbonyl (C=O) groups excluding carboxylic acids is 1. The monoisotopic (exact) mass is 280 g/mol. The second-order valence-electron chi connectivity index (χ2n) is 5.57. The molecule has 0 saturated carbocycles. The second-order valence-corrected chi connectivity index (χ2v) is 5.57. The highest BCUT2D eigenvalue weighted by molar-refractivity contribution is 6.10. The quantitative estimate of drug-likeness (QED) is 0.879. The average molecular weight is 280 g/mol. The van der Waals surface area contributed by atoms with Crippen LogP contribution in [0.2, 0.25) is 0 Å². The van der Waals surface area contributed by atoms with Crippen LogP contribution in [0.1, 0.15) is 32.6 Å². The number of hydrogen-bond donors (Lipinski definition) is 1. The fourth-order valence-electron chi connectivity index (χ4n) is 2.92. The van der Waals surface area contributed by atoms with Crippen LogP contribution in [-0.4, -0.2) is 16.9 Å². The van der Waals surface area contributed by atoms with Gasteiger partial charge in [-0.1, -0.05) is 36.4 Å². The third-order valence-corrected chi connectivity index (χ3v) is 4.14. The summed E-state index contributed by atoms with van der Waals surface area (Å²) >= 11 is 0. The van der Waals surface area contributed by atoms with Crippen LogP contribution >= 0.6 is 0 Å². The van der Waals surface area contributed by atoms with Crippen LogP contribution in [0.3, 0.4) is 0 Å². The zero-order valence-corrected chi connectivity index (χ0v) is 11.8. The van der Waals surface area contributed by atoms with E-state index < -0.39 is 5.97 Å². The molecule has 1 unspecified atom stereocenters. The zero-order valence-electron chi connectivity index (χ0n) is 11.8. The number of aryl methyl sites for hydroxylation is 1. The lowest BCUT2D eigenvalue weighted by Crippen LogP contribution is -2.12. The molecule has 1 aliphatic carbocycles. The van der Waals surface area contributed by atoms with Gasteiger partial charge in [-0.05, 0) is 42.5 Å². The van der Waals surface area contributed by atoms with Crippen molar-refractivity contribution in [1.82, 2.24) is 0 Å². The molecule has 0 aromatic heterocycles. The molecular formula is C18H16O3. The van der Waals surface area contributed by atoms with Gasteiger partial charge in [0.05, 0.1) is 5.92 Å². The van der Waals surface area contributed by atoms with E-state index in [1.54, 1.807) is 6.07 Å². The maximum absolute atomic E-state index is 12.6. The fourth-order valence-corrected chi connectivity index (χ4v) is 2.92. The largest absolute Gasteiger partial charge is 0.481 e. The molecule has 3 nitrogen and oxygen atoms in total. The molecule has 2 aromatic carbocycles. The first-order valence-corrected chi connectivity index (χ1v) is 7.01. The summed E-state index contributed by atoms with van der Waals surface area (Å²) in [6, 6.07) is 13.1. The topological polar surface area (TPSA) is 54.4 Å². The number of rotatable bonds is 3.